The number of aryl methyl sites for hydroxylation is 1. The molecule has 2 aromatic rings. The summed E-state index contributed by atoms with van der Waals surface area (Å²) in [5.74, 6) is 0.360. The molecule has 0 saturated heterocycles. The number of nitrogens with zero attached hydrogens (tertiary/aromatic N) is 5. The lowest BCUT2D eigenvalue weighted by Crippen LogP contribution is -2.09. The summed E-state index contributed by atoms with van der Waals surface area (Å²) in [4.78, 5) is 12.0. The second kappa shape index (κ2) is 5.18. The average Bonchev–Trinajstić information content (AvgIpc) is 2.66. The van der Waals surface area contributed by atoms with E-state index in [1.165, 1.54) is 4.68 Å². The Morgan fingerprint density at radius 3 is 2.78 bits per heavy atom. The highest BCUT2D eigenvalue weighted by atomic mass is 35.5. The first-order chi connectivity index (χ1) is 8.60. The van der Waals surface area contributed by atoms with Crippen molar-refractivity contribution in [2.24, 2.45) is 0 Å². The fourth-order valence-corrected chi connectivity index (χ4v) is 1.39. The van der Waals surface area contributed by atoms with Crippen LogP contribution in [0.5, 0.6) is 6.01 Å². The largest absolute Gasteiger partial charge is 0.463 e. The van der Waals surface area contributed by atoms with Gasteiger partial charge in [0.05, 0.1) is 23.5 Å². The van der Waals surface area contributed by atoms with E-state index < -0.39 is 0 Å². The van der Waals surface area contributed by atoms with Crippen LogP contribution in [0.4, 0.5) is 5.95 Å². The van der Waals surface area contributed by atoms with E-state index in [0.29, 0.717) is 17.3 Å². The third kappa shape index (κ3) is 2.67. The van der Waals surface area contributed by atoms with Crippen LogP contribution in [0.25, 0.3) is 5.95 Å². The van der Waals surface area contributed by atoms with Crippen molar-refractivity contribution in [2.45, 2.75) is 20.3 Å². The number of nitrogens with two attached hydrogens (primary N) is 1. The van der Waals surface area contributed by atoms with Gasteiger partial charge in [-0.25, -0.2) is 4.68 Å². The Morgan fingerprint density at radius 2 is 2.17 bits per heavy atom. The smallest absolute Gasteiger partial charge is 0.323 e. The first-order valence-corrected chi connectivity index (χ1v) is 5.84. The lowest BCUT2D eigenvalue weighted by molar-refractivity contribution is 0.291. The molecular weight excluding hydrogens is 256 g/mol. The van der Waals surface area contributed by atoms with Gasteiger partial charge in [0.25, 0.3) is 5.95 Å². The number of halogens is 1. The summed E-state index contributed by atoms with van der Waals surface area (Å²) in [5.41, 5.74) is 6.28. The van der Waals surface area contributed by atoms with Gasteiger partial charge in [-0.05, 0) is 13.3 Å². The molecule has 0 amide bonds. The maximum Gasteiger partial charge on any atom is 0.323 e. The number of aromatic nitrogens is 5. The Morgan fingerprint density at radius 1 is 1.39 bits per heavy atom. The molecule has 0 fully saturated rings. The monoisotopic (exact) mass is 268 g/mol. The van der Waals surface area contributed by atoms with Crippen molar-refractivity contribution in [2.75, 3.05) is 12.3 Å². The fourth-order valence-electron chi connectivity index (χ4n) is 1.26. The molecule has 0 aromatic carbocycles. The number of anilines is 1. The fraction of sp³-hybridized carbons (Fsp3) is 0.400. The van der Waals surface area contributed by atoms with Crippen LogP contribution in [0.15, 0.2) is 6.20 Å². The molecule has 8 heteroatoms. The van der Waals surface area contributed by atoms with E-state index in [-0.39, 0.29) is 17.9 Å². The molecule has 0 radical (unpaired) electrons. The molecule has 18 heavy (non-hydrogen) atoms. The summed E-state index contributed by atoms with van der Waals surface area (Å²) >= 11 is 5.93. The molecule has 0 bridgehead atoms. The van der Waals surface area contributed by atoms with E-state index in [0.717, 1.165) is 6.42 Å². The van der Waals surface area contributed by atoms with Gasteiger partial charge >= 0.3 is 6.01 Å². The number of ether oxygens (including phenoxy) is 1. The van der Waals surface area contributed by atoms with Gasteiger partial charge in [0.2, 0.25) is 5.95 Å². The summed E-state index contributed by atoms with van der Waals surface area (Å²) < 4.78 is 6.76. The summed E-state index contributed by atoms with van der Waals surface area (Å²) in [6.07, 6.45) is 2.46. The minimum absolute atomic E-state index is 0.0791. The lowest BCUT2D eigenvalue weighted by atomic mass is 10.5. The van der Waals surface area contributed by atoms with Crippen molar-refractivity contribution in [3.05, 3.63) is 16.9 Å². The van der Waals surface area contributed by atoms with Crippen molar-refractivity contribution in [3.8, 4) is 12.0 Å². The van der Waals surface area contributed by atoms with Gasteiger partial charge in [-0.15, -0.1) is 0 Å². The highest BCUT2D eigenvalue weighted by molar-refractivity contribution is 6.31. The zero-order valence-corrected chi connectivity index (χ0v) is 10.8. The molecule has 0 aliphatic carbocycles. The molecule has 0 spiro atoms. The molecule has 96 valence electrons. The summed E-state index contributed by atoms with van der Waals surface area (Å²) in [5, 5.41) is 4.70. The molecule has 2 heterocycles. The van der Waals surface area contributed by atoms with E-state index in [9.17, 15) is 0 Å². The second-order valence-corrected chi connectivity index (χ2v) is 4.04. The normalized spacial score (nSPS) is 10.6. The van der Waals surface area contributed by atoms with E-state index in [4.69, 9.17) is 22.1 Å². The van der Waals surface area contributed by atoms with Gasteiger partial charge in [0.1, 0.15) is 0 Å². The van der Waals surface area contributed by atoms with Crippen LogP contribution in [0.2, 0.25) is 5.02 Å². The maximum atomic E-state index is 5.93. The van der Waals surface area contributed by atoms with Crippen molar-refractivity contribution in [1.29, 1.82) is 0 Å². The zero-order chi connectivity index (χ0) is 13.1. The molecular formula is C10H13ClN6O. The lowest BCUT2D eigenvalue weighted by Gasteiger charge is -2.05. The molecule has 0 aliphatic rings. The molecule has 0 unspecified atom stereocenters. The third-order valence-corrected chi connectivity index (χ3v) is 2.47. The van der Waals surface area contributed by atoms with Crippen LogP contribution in [-0.2, 0) is 0 Å². The molecule has 2 rings (SSSR count). The van der Waals surface area contributed by atoms with Crippen LogP contribution in [0.1, 0.15) is 19.0 Å². The quantitative estimate of drug-likeness (QED) is 0.901. The van der Waals surface area contributed by atoms with E-state index >= 15 is 0 Å². The van der Waals surface area contributed by atoms with Crippen molar-refractivity contribution in [3.63, 3.8) is 0 Å². The highest BCUT2D eigenvalue weighted by Crippen LogP contribution is 2.15. The zero-order valence-electron chi connectivity index (χ0n) is 10.1. The van der Waals surface area contributed by atoms with Gasteiger partial charge in [0, 0.05) is 0 Å². The highest BCUT2D eigenvalue weighted by Gasteiger charge is 2.10. The topological polar surface area (TPSA) is 91.7 Å². The van der Waals surface area contributed by atoms with Gasteiger partial charge in [0.15, 0.2) is 0 Å². The Bertz CT molecular complexity index is 536. The Labute approximate surface area is 109 Å². The van der Waals surface area contributed by atoms with Crippen LogP contribution >= 0.6 is 11.6 Å². The van der Waals surface area contributed by atoms with Gasteiger partial charge < -0.3 is 10.5 Å². The van der Waals surface area contributed by atoms with Crippen LogP contribution < -0.4 is 10.5 Å². The summed E-state index contributed by atoms with van der Waals surface area (Å²) in [6, 6.07) is 0.184. The molecule has 0 atom stereocenters. The van der Waals surface area contributed by atoms with Crippen molar-refractivity contribution >= 4 is 17.5 Å². The Balaban J connectivity index is 2.35. The maximum absolute atomic E-state index is 5.93. The first kappa shape index (κ1) is 12.6. The van der Waals surface area contributed by atoms with E-state index in [2.05, 4.69) is 20.1 Å². The number of rotatable bonds is 4. The SMILES string of the molecule is CCCOc1nc(N)nc(-n2cc(Cl)c(C)n2)n1. The predicted octanol–water partition coefficient (Wildman–Crippen LogP) is 1.39. The Kier molecular flexibility index (Phi) is 3.61. The molecule has 0 aliphatic heterocycles. The molecule has 2 aromatic heterocycles. The van der Waals surface area contributed by atoms with Gasteiger partial charge in [-0.2, -0.15) is 20.1 Å². The van der Waals surface area contributed by atoms with Crippen LogP contribution in [0.3, 0.4) is 0 Å². The number of hydrogen-bond donors (Lipinski definition) is 1. The second-order valence-electron chi connectivity index (χ2n) is 3.63. The summed E-state index contributed by atoms with van der Waals surface area (Å²) in [6.45, 7) is 4.29. The third-order valence-electron chi connectivity index (χ3n) is 2.10. The van der Waals surface area contributed by atoms with Crippen LogP contribution in [0, 0.1) is 6.92 Å². The summed E-state index contributed by atoms with van der Waals surface area (Å²) in [7, 11) is 0. The standard InChI is InChI=1S/C10H13ClN6O/c1-3-4-18-10-14-8(12)13-9(15-10)17-5-7(11)6(2)16-17/h5H,3-4H2,1-2H3,(H2,12,13,14,15). The number of hydrogen-bond acceptors (Lipinski definition) is 6. The molecule has 2 N–H and O–H groups in total. The van der Waals surface area contributed by atoms with E-state index in [1.54, 1.807) is 13.1 Å². The predicted molar refractivity (Wildman–Crippen MR) is 66.9 cm³/mol. The van der Waals surface area contributed by atoms with E-state index in [1.807, 2.05) is 6.92 Å². The number of nitrogen functional groups attached to an aromatic ring is 1. The van der Waals surface area contributed by atoms with Crippen molar-refractivity contribution < 1.29 is 4.74 Å². The minimum atomic E-state index is 0.0791. The van der Waals surface area contributed by atoms with Crippen molar-refractivity contribution in [1.82, 2.24) is 24.7 Å². The van der Waals surface area contributed by atoms with Gasteiger partial charge in [-0.3, -0.25) is 0 Å². The molecule has 7 nitrogen and oxygen atoms in total. The minimum Gasteiger partial charge on any atom is -0.463 e. The Hall–Kier alpha value is -1.89. The van der Waals surface area contributed by atoms with Gasteiger partial charge in [-0.1, -0.05) is 18.5 Å². The first-order valence-electron chi connectivity index (χ1n) is 5.46. The van der Waals surface area contributed by atoms with Crippen LogP contribution in [-0.4, -0.2) is 31.3 Å². The average molecular weight is 269 g/mol. The molecule has 0 saturated carbocycles.